The Hall–Kier alpha value is -1.52. The Kier molecular flexibility index (Phi) is 4.91. The summed E-state index contributed by atoms with van der Waals surface area (Å²) in [7, 11) is 0. The molecule has 0 amide bonds. The topological polar surface area (TPSA) is 37.8 Å². The normalized spacial score (nSPS) is 11.7. The molecule has 0 aliphatic carbocycles. The number of nitrogens with one attached hydrogen (secondary N) is 1. The summed E-state index contributed by atoms with van der Waals surface area (Å²) < 4.78 is 13.0. The Morgan fingerprint density at radius 1 is 1.24 bits per heavy atom. The predicted molar refractivity (Wildman–Crippen MR) is 82.8 cm³/mol. The zero-order valence-electron chi connectivity index (χ0n) is 12.5. The van der Waals surface area contributed by atoms with Gasteiger partial charge in [-0.1, -0.05) is 17.7 Å². The smallest absolute Gasteiger partial charge is 0.133 e. The van der Waals surface area contributed by atoms with Gasteiger partial charge < -0.3 is 5.32 Å². The number of halogens is 2. The van der Waals surface area contributed by atoms with Crippen LogP contribution < -0.4 is 5.32 Å². The van der Waals surface area contributed by atoms with Crippen molar-refractivity contribution in [3.8, 4) is 0 Å². The molecule has 3 nitrogen and oxygen atoms in total. The van der Waals surface area contributed by atoms with E-state index in [0.29, 0.717) is 23.8 Å². The van der Waals surface area contributed by atoms with Gasteiger partial charge in [-0.25, -0.2) is 14.4 Å². The monoisotopic (exact) mass is 307 g/mol. The maximum Gasteiger partial charge on any atom is 0.133 e. The Morgan fingerprint density at radius 3 is 2.67 bits per heavy atom. The SMILES string of the molecule is CC(C)(C)NCc1ccnc(Cc2ccc(F)cc2Cl)n1. The second-order valence-corrected chi connectivity index (χ2v) is 6.39. The summed E-state index contributed by atoms with van der Waals surface area (Å²) in [4.78, 5) is 8.76. The molecule has 0 fully saturated rings. The molecule has 0 atom stereocenters. The molecular weight excluding hydrogens is 289 g/mol. The van der Waals surface area contributed by atoms with Gasteiger partial charge in [-0.3, -0.25) is 0 Å². The van der Waals surface area contributed by atoms with E-state index in [9.17, 15) is 4.39 Å². The fourth-order valence-electron chi connectivity index (χ4n) is 1.82. The maximum atomic E-state index is 13.0. The van der Waals surface area contributed by atoms with Gasteiger partial charge in [-0.15, -0.1) is 0 Å². The van der Waals surface area contributed by atoms with Gasteiger partial charge in [0.25, 0.3) is 0 Å². The van der Waals surface area contributed by atoms with Crippen LogP contribution >= 0.6 is 11.6 Å². The standard InChI is InChI=1S/C16H19ClFN3/c1-16(2,3)20-10-13-6-7-19-15(21-13)8-11-4-5-12(18)9-14(11)17/h4-7,9,20H,8,10H2,1-3H3. The van der Waals surface area contributed by atoms with Crippen molar-refractivity contribution < 1.29 is 4.39 Å². The Bertz CT molecular complexity index is 623. The average Bonchev–Trinajstić information content (AvgIpc) is 2.39. The zero-order valence-corrected chi connectivity index (χ0v) is 13.2. The van der Waals surface area contributed by atoms with Crippen molar-refractivity contribution in [3.63, 3.8) is 0 Å². The van der Waals surface area contributed by atoms with Crippen LogP contribution in [0.2, 0.25) is 5.02 Å². The summed E-state index contributed by atoms with van der Waals surface area (Å²) >= 11 is 6.03. The second-order valence-electron chi connectivity index (χ2n) is 5.98. The Balaban J connectivity index is 2.10. The van der Waals surface area contributed by atoms with Crippen molar-refractivity contribution in [2.24, 2.45) is 0 Å². The lowest BCUT2D eigenvalue weighted by Crippen LogP contribution is -2.35. The molecule has 2 aromatic rings. The van der Waals surface area contributed by atoms with E-state index in [2.05, 4.69) is 36.1 Å². The van der Waals surface area contributed by atoms with Crippen LogP contribution in [-0.2, 0) is 13.0 Å². The molecule has 2 rings (SSSR count). The van der Waals surface area contributed by atoms with E-state index in [-0.39, 0.29) is 11.4 Å². The van der Waals surface area contributed by atoms with Crippen molar-refractivity contribution in [3.05, 3.63) is 58.4 Å². The first kappa shape index (κ1) is 15.9. The van der Waals surface area contributed by atoms with Gasteiger partial charge in [0.1, 0.15) is 11.6 Å². The number of hydrogen-bond donors (Lipinski definition) is 1. The van der Waals surface area contributed by atoms with Crippen molar-refractivity contribution >= 4 is 11.6 Å². The van der Waals surface area contributed by atoms with E-state index < -0.39 is 0 Å². The van der Waals surface area contributed by atoms with E-state index in [1.54, 1.807) is 12.3 Å². The lowest BCUT2D eigenvalue weighted by Gasteiger charge is -2.20. The minimum atomic E-state index is -0.340. The van der Waals surface area contributed by atoms with Crippen molar-refractivity contribution in [2.45, 2.75) is 39.3 Å². The fourth-order valence-corrected chi connectivity index (χ4v) is 2.05. The highest BCUT2D eigenvalue weighted by Crippen LogP contribution is 2.19. The van der Waals surface area contributed by atoms with Crippen LogP contribution in [0.4, 0.5) is 4.39 Å². The molecule has 1 N–H and O–H groups in total. The first-order chi connectivity index (χ1) is 9.83. The minimum absolute atomic E-state index is 0.0331. The number of benzene rings is 1. The van der Waals surface area contributed by atoms with E-state index in [1.165, 1.54) is 12.1 Å². The molecule has 0 spiro atoms. The molecule has 5 heteroatoms. The number of aromatic nitrogens is 2. The van der Waals surface area contributed by atoms with Gasteiger partial charge in [0.05, 0.1) is 5.69 Å². The summed E-state index contributed by atoms with van der Waals surface area (Å²) in [5, 5.41) is 3.78. The molecule has 1 heterocycles. The molecule has 21 heavy (non-hydrogen) atoms. The molecule has 0 bridgehead atoms. The van der Waals surface area contributed by atoms with Gasteiger partial charge in [0.2, 0.25) is 0 Å². The van der Waals surface area contributed by atoms with Gasteiger partial charge in [0, 0.05) is 29.7 Å². The van der Waals surface area contributed by atoms with Crippen molar-refractivity contribution in [1.29, 1.82) is 0 Å². The van der Waals surface area contributed by atoms with E-state index in [0.717, 1.165) is 11.3 Å². The molecule has 1 aromatic carbocycles. The average molecular weight is 308 g/mol. The van der Waals surface area contributed by atoms with Gasteiger partial charge in [-0.2, -0.15) is 0 Å². The predicted octanol–water partition coefficient (Wildman–Crippen LogP) is 3.75. The van der Waals surface area contributed by atoms with Gasteiger partial charge in [0.15, 0.2) is 0 Å². The molecule has 112 valence electrons. The third-order valence-electron chi connectivity index (χ3n) is 2.93. The second kappa shape index (κ2) is 6.50. The van der Waals surface area contributed by atoms with Crippen LogP contribution in [0, 0.1) is 5.82 Å². The third kappa shape index (κ3) is 5.06. The van der Waals surface area contributed by atoms with Crippen molar-refractivity contribution in [2.75, 3.05) is 0 Å². The molecule has 0 saturated carbocycles. The van der Waals surface area contributed by atoms with E-state index in [4.69, 9.17) is 11.6 Å². The quantitative estimate of drug-likeness (QED) is 0.935. The summed E-state index contributed by atoms with van der Waals surface area (Å²) in [5.74, 6) is 0.338. The highest BCUT2D eigenvalue weighted by Gasteiger charge is 2.10. The largest absolute Gasteiger partial charge is 0.306 e. The summed E-state index contributed by atoms with van der Waals surface area (Å²) in [6, 6.07) is 6.25. The number of rotatable bonds is 4. The Labute approximate surface area is 129 Å². The maximum absolute atomic E-state index is 13.0. The van der Waals surface area contributed by atoms with Crippen LogP contribution in [0.5, 0.6) is 0 Å². The highest BCUT2D eigenvalue weighted by molar-refractivity contribution is 6.31. The molecule has 0 saturated heterocycles. The van der Waals surface area contributed by atoms with Crippen molar-refractivity contribution in [1.82, 2.24) is 15.3 Å². The van der Waals surface area contributed by atoms with Gasteiger partial charge in [-0.05, 0) is 44.5 Å². The lowest BCUT2D eigenvalue weighted by molar-refractivity contribution is 0.420. The molecule has 0 aliphatic heterocycles. The fraction of sp³-hybridized carbons (Fsp3) is 0.375. The molecule has 0 radical (unpaired) electrons. The van der Waals surface area contributed by atoms with E-state index in [1.807, 2.05) is 6.07 Å². The molecule has 0 unspecified atom stereocenters. The molecular formula is C16H19ClFN3. The van der Waals surface area contributed by atoms with Crippen LogP contribution in [0.15, 0.2) is 30.5 Å². The summed E-state index contributed by atoms with van der Waals surface area (Å²) in [6.07, 6.45) is 2.22. The van der Waals surface area contributed by atoms with Crippen LogP contribution in [0.25, 0.3) is 0 Å². The summed E-state index contributed by atoms with van der Waals surface area (Å²) in [5.41, 5.74) is 1.78. The number of nitrogens with zero attached hydrogens (tertiary/aromatic N) is 2. The molecule has 1 aromatic heterocycles. The summed E-state index contributed by atoms with van der Waals surface area (Å²) in [6.45, 7) is 6.99. The van der Waals surface area contributed by atoms with Crippen LogP contribution in [-0.4, -0.2) is 15.5 Å². The Morgan fingerprint density at radius 2 is 2.00 bits per heavy atom. The minimum Gasteiger partial charge on any atom is -0.306 e. The zero-order chi connectivity index (χ0) is 15.5. The van der Waals surface area contributed by atoms with Gasteiger partial charge >= 0.3 is 0 Å². The first-order valence-electron chi connectivity index (χ1n) is 6.83. The lowest BCUT2D eigenvalue weighted by atomic mass is 10.1. The highest BCUT2D eigenvalue weighted by atomic mass is 35.5. The van der Waals surface area contributed by atoms with Crippen LogP contribution in [0.3, 0.4) is 0 Å². The van der Waals surface area contributed by atoms with E-state index >= 15 is 0 Å². The first-order valence-corrected chi connectivity index (χ1v) is 7.21. The third-order valence-corrected chi connectivity index (χ3v) is 3.28. The number of hydrogen-bond acceptors (Lipinski definition) is 3. The molecule has 0 aliphatic rings. The van der Waals surface area contributed by atoms with Crippen LogP contribution in [0.1, 0.15) is 37.9 Å².